The minimum Gasteiger partial charge on any atom is -0.494 e. The molecule has 1 aromatic heterocycles. The van der Waals surface area contributed by atoms with E-state index in [2.05, 4.69) is 52.3 Å². The zero-order chi connectivity index (χ0) is 28.4. The maximum Gasteiger partial charge on any atom is 0.227 e. The van der Waals surface area contributed by atoms with E-state index < -0.39 is 11.6 Å². The molecule has 0 aliphatic carbocycles. The first kappa shape index (κ1) is 30.0. The molecule has 1 fully saturated rings. The molecule has 1 saturated heterocycles. The highest BCUT2D eigenvalue weighted by Gasteiger charge is 2.21. The Morgan fingerprint density at radius 3 is 2.49 bits per heavy atom. The fourth-order valence-electron chi connectivity index (χ4n) is 4.33. The van der Waals surface area contributed by atoms with Gasteiger partial charge in [-0.2, -0.15) is 0 Å². The second kappa shape index (κ2) is 14.6. The number of unbranched alkanes of at least 4 members (excludes halogenated alkanes) is 1. The molecule has 0 spiro atoms. The van der Waals surface area contributed by atoms with E-state index >= 15 is 0 Å². The van der Waals surface area contributed by atoms with Gasteiger partial charge in [-0.15, -0.1) is 0 Å². The first-order chi connectivity index (χ1) is 18.7. The van der Waals surface area contributed by atoms with Crippen LogP contribution in [0.3, 0.4) is 0 Å². The number of methoxy groups -OCH3 is 1. The van der Waals surface area contributed by atoms with Crippen LogP contribution >= 0.6 is 0 Å². The monoisotopic (exact) mass is 542 g/mol. The Kier molecular flexibility index (Phi) is 11.2. The third-order valence-corrected chi connectivity index (χ3v) is 6.36. The Labute approximate surface area is 230 Å². The van der Waals surface area contributed by atoms with E-state index in [4.69, 9.17) is 14.5 Å². The smallest absolute Gasteiger partial charge is 0.227 e. The van der Waals surface area contributed by atoms with Crippen LogP contribution in [0.25, 0.3) is 0 Å². The lowest BCUT2D eigenvalue weighted by atomic mass is 10.1. The fraction of sp³-hybridized carbons (Fsp3) is 0.483. The van der Waals surface area contributed by atoms with Crippen molar-refractivity contribution in [3.63, 3.8) is 0 Å². The number of aliphatic imine (C=N–C) groups is 1. The van der Waals surface area contributed by atoms with Crippen LogP contribution in [0, 0.1) is 11.6 Å². The van der Waals surface area contributed by atoms with Crippen molar-refractivity contribution in [2.24, 2.45) is 4.99 Å². The van der Waals surface area contributed by atoms with Crippen molar-refractivity contribution in [3.05, 3.63) is 65.3 Å². The molecule has 2 heterocycles. The summed E-state index contributed by atoms with van der Waals surface area (Å²) in [6.45, 7) is 11.7. The summed E-state index contributed by atoms with van der Waals surface area (Å²) in [5, 5.41) is 6.71. The number of amidine groups is 1. The SMILES string of the molecule is CCC/C=C/C(=C\N=C(/C)N1C[C@@H](C)N[C@@H](C)C1)Nc1ncc(OCc2c(F)c(CC)cc(OC)c2F)cn1. The number of anilines is 1. The number of aryl methyl sites for hydroxylation is 1. The summed E-state index contributed by atoms with van der Waals surface area (Å²) in [6.07, 6.45) is 11.1. The van der Waals surface area contributed by atoms with Crippen molar-refractivity contribution < 1.29 is 18.3 Å². The standard InChI is InChI=1S/C29H40F2N6O2/c1-7-9-10-11-23(13-32-21(5)37-16-19(3)35-20(4)17-37)36-29-33-14-24(15-34-29)39-18-25-27(30)22(8-2)12-26(38-6)28(25)31/h10-15,19-20,35H,7-9,16-18H2,1-6H3,(H,33,34,36)/b11-10+,23-13+,32-21+/t19-,20+. The Morgan fingerprint density at radius 1 is 1.18 bits per heavy atom. The molecule has 0 radical (unpaired) electrons. The minimum absolute atomic E-state index is 0.0167. The number of ether oxygens (including phenoxy) is 2. The topological polar surface area (TPSA) is 83.9 Å². The first-order valence-corrected chi connectivity index (χ1v) is 13.4. The molecule has 0 amide bonds. The highest BCUT2D eigenvalue weighted by molar-refractivity contribution is 5.80. The molecule has 2 N–H and O–H groups in total. The predicted molar refractivity (Wildman–Crippen MR) is 151 cm³/mol. The summed E-state index contributed by atoms with van der Waals surface area (Å²) in [5.41, 5.74) is 0.901. The number of hydrogen-bond donors (Lipinski definition) is 2. The number of nitrogens with zero attached hydrogens (tertiary/aromatic N) is 4. The first-order valence-electron chi connectivity index (χ1n) is 13.4. The highest BCUT2D eigenvalue weighted by atomic mass is 19.1. The highest BCUT2D eigenvalue weighted by Crippen LogP contribution is 2.28. The zero-order valence-corrected chi connectivity index (χ0v) is 23.7. The molecule has 10 heteroatoms. The molecule has 3 rings (SSSR count). The van der Waals surface area contributed by atoms with Crippen molar-refractivity contribution in [1.82, 2.24) is 20.2 Å². The van der Waals surface area contributed by atoms with Gasteiger partial charge in [-0.3, -0.25) is 0 Å². The molecule has 1 aliphatic rings. The number of nitrogens with one attached hydrogen (secondary N) is 2. The van der Waals surface area contributed by atoms with Gasteiger partial charge in [0.1, 0.15) is 18.3 Å². The van der Waals surface area contributed by atoms with Crippen LogP contribution in [0.5, 0.6) is 11.5 Å². The molecule has 1 aromatic carbocycles. The second-order valence-corrected chi connectivity index (χ2v) is 9.68. The van der Waals surface area contributed by atoms with E-state index in [0.29, 0.717) is 30.0 Å². The van der Waals surface area contributed by atoms with Crippen LogP contribution in [-0.2, 0) is 13.0 Å². The van der Waals surface area contributed by atoms with E-state index in [1.165, 1.54) is 25.6 Å². The molecule has 2 atom stereocenters. The number of benzene rings is 1. The van der Waals surface area contributed by atoms with Gasteiger partial charge >= 0.3 is 0 Å². The van der Waals surface area contributed by atoms with Gasteiger partial charge in [-0.05, 0) is 51.3 Å². The van der Waals surface area contributed by atoms with E-state index in [-0.39, 0.29) is 23.7 Å². The third kappa shape index (κ3) is 8.48. The van der Waals surface area contributed by atoms with Gasteiger partial charge in [-0.25, -0.2) is 23.7 Å². The van der Waals surface area contributed by atoms with Crippen LogP contribution < -0.4 is 20.1 Å². The number of allylic oxidation sites excluding steroid dienone is 2. The molecule has 0 unspecified atom stereocenters. The lowest BCUT2D eigenvalue weighted by molar-refractivity contribution is 0.254. The van der Waals surface area contributed by atoms with E-state index in [9.17, 15) is 8.78 Å². The zero-order valence-electron chi connectivity index (χ0n) is 23.7. The molecule has 8 nitrogen and oxygen atoms in total. The van der Waals surface area contributed by atoms with Crippen LogP contribution in [0.15, 0.2) is 47.5 Å². The lowest BCUT2D eigenvalue weighted by Gasteiger charge is -2.37. The van der Waals surface area contributed by atoms with Crippen molar-refractivity contribution in [1.29, 1.82) is 0 Å². The Morgan fingerprint density at radius 2 is 1.87 bits per heavy atom. The summed E-state index contributed by atoms with van der Waals surface area (Å²) in [5.74, 6) is 0.134. The van der Waals surface area contributed by atoms with Gasteiger partial charge in [0.15, 0.2) is 17.3 Å². The number of hydrogen-bond acceptors (Lipinski definition) is 7. The Balaban J connectivity index is 1.71. The molecule has 39 heavy (non-hydrogen) atoms. The minimum atomic E-state index is -0.777. The van der Waals surface area contributed by atoms with E-state index in [0.717, 1.165) is 37.5 Å². The third-order valence-electron chi connectivity index (χ3n) is 6.36. The summed E-state index contributed by atoms with van der Waals surface area (Å²) in [6, 6.07) is 2.16. The van der Waals surface area contributed by atoms with E-state index in [1.807, 2.05) is 13.0 Å². The van der Waals surface area contributed by atoms with Gasteiger partial charge in [0.05, 0.1) is 37.0 Å². The molecule has 0 bridgehead atoms. The van der Waals surface area contributed by atoms with Gasteiger partial charge in [0.2, 0.25) is 5.95 Å². The van der Waals surface area contributed by atoms with Gasteiger partial charge in [0, 0.05) is 25.2 Å². The van der Waals surface area contributed by atoms with Crippen LogP contribution in [0.4, 0.5) is 14.7 Å². The number of piperazine rings is 1. The van der Waals surface area contributed by atoms with Gasteiger partial charge in [0.25, 0.3) is 0 Å². The summed E-state index contributed by atoms with van der Waals surface area (Å²) >= 11 is 0. The normalized spacial score (nSPS) is 18.5. The average molecular weight is 543 g/mol. The maximum atomic E-state index is 14.7. The van der Waals surface area contributed by atoms with Gasteiger partial charge < -0.3 is 25.0 Å². The van der Waals surface area contributed by atoms with Crippen molar-refractivity contribution in [2.45, 2.75) is 72.6 Å². The second-order valence-electron chi connectivity index (χ2n) is 9.68. The van der Waals surface area contributed by atoms with E-state index in [1.54, 1.807) is 13.1 Å². The summed E-state index contributed by atoms with van der Waals surface area (Å²) < 4.78 is 40.0. The van der Waals surface area contributed by atoms with Crippen LogP contribution in [-0.4, -0.2) is 53.0 Å². The average Bonchev–Trinajstić information content (AvgIpc) is 2.92. The largest absolute Gasteiger partial charge is 0.494 e. The summed E-state index contributed by atoms with van der Waals surface area (Å²) in [4.78, 5) is 15.6. The number of rotatable bonds is 11. The molecule has 1 aliphatic heterocycles. The number of aromatic nitrogens is 2. The molecule has 212 valence electrons. The van der Waals surface area contributed by atoms with Crippen molar-refractivity contribution in [3.8, 4) is 11.5 Å². The molecule has 0 saturated carbocycles. The van der Waals surface area contributed by atoms with Crippen LogP contribution in [0.1, 0.15) is 58.6 Å². The Bertz CT molecular complexity index is 1150. The van der Waals surface area contributed by atoms with Crippen LogP contribution in [0.2, 0.25) is 0 Å². The summed E-state index contributed by atoms with van der Waals surface area (Å²) in [7, 11) is 1.35. The molecular weight excluding hydrogens is 502 g/mol. The quantitative estimate of drug-likeness (QED) is 0.217. The number of halogens is 2. The predicted octanol–water partition coefficient (Wildman–Crippen LogP) is 5.62. The molecule has 2 aromatic rings. The lowest BCUT2D eigenvalue weighted by Crippen LogP contribution is -2.55. The van der Waals surface area contributed by atoms with Gasteiger partial charge in [-0.1, -0.05) is 26.3 Å². The maximum absolute atomic E-state index is 14.7. The van der Waals surface area contributed by atoms with Crippen molar-refractivity contribution in [2.75, 3.05) is 25.5 Å². The fourth-order valence-corrected chi connectivity index (χ4v) is 4.33. The van der Waals surface area contributed by atoms with Crippen molar-refractivity contribution >= 4 is 11.8 Å². The Hall–Kier alpha value is -3.53. The molecular formula is C29H40F2N6O2.